The second-order valence-corrected chi connectivity index (χ2v) is 7.76. The van der Waals surface area contributed by atoms with Gasteiger partial charge in [-0.1, -0.05) is 71.1 Å². The smallest absolute Gasteiger partial charge is 0.0615 e. The minimum atomic E-state index is 0.00246. The zero-order valence-corrected chi connectivity index (χ0v) is 15.8. The Morgan fingerprint density at radius 2 is 1.30 bits per heavy atom. The van der Waals surface area contributed by atoms with E-state index in [0.717, 1.165) is 5.92 Å². The zero-order chi connectivity index (χ0) is 17.1. The van der Waals surface area contributed by atoms with Crippen LogP contribution < -0.4 is 22.1 Å². The summed E-state index contributed by atoms with van der Waals surface area (Å²) in [4.78, 5) is 0. The van der Waals surface area contributed by atoms with Crippen molar-refractivity contribution in [2.45, 2.75) is 103 Å². The molecule has 6 N–H and O–H groups in total. The molecule has 3 unspecified atom stereocenters. The van der Waals surface area contributed by atoms with Gasteiger partial charge in [0.25, 0.3) is 0 Å². The van der Waals surface area contributed by atoms with Crippen molar-refractivity contribution in [1.82, 2.24) is 10.6 Å². The summed E-state index contributed by atoms with van der Waals surface area (Å²) in [5.74, 6) is 1.36. The van der Waals surface area contributed by atoms with Gasteiger partial charge in [0.1, 0.15) is 0 Å². The Balaban J connectivity index is 2.64. The molecule has 0 aliphatic heterocycles. The first-order chi connectivity index (χ1) is 11.0. The minimum Gasteiger partial charge on any atom is -0.329 e. The molecule has 1 rings (SSSR count). The third-order valence-electron chi connectivity index (χ3n) is 5.43. The van der Waals surface area contributed by atoms with Crippen molar-refractivity contribution in [1.29, 1.82) is 0 Å². The molecule has 1 fully saturated rings. The fourth-order valence-electron chi connectivity index (χ4n) is 3.83. The summed E-state index contributed by atoms with van der Waals surface area (Å²) < 4.78 is 0. The normalized spacial score (nSPS) is 24.4. The molecule has 23 heavy (non-hydrogen) atoms. The molecule has 1 aliphatic rings. The van der Waals surface area contributed by atoms with E-state index in [0.29, 0.717) is 18.5 Å². The van der Waals surface area contributed by atoms with Crippen LogP contribution in [0, 0.1) is 11.8 Å². The number of nitrogens with one attached hydrogen (secondary N) is 2. The Hall–Kier alpha value is -0.160. The molecular formula is C19H42N4. The zero-order valence-electron chi connectivity index (χ0n) is 15.8. The molecule has 4 nitrogen and oxygen atoms in total. The minimum absolute atomic E-state index is 0.00246. The number of hydrogen-bond acceptors (Lipinski definition) is 4. The summed E-state index contributed by atoms with van der Waals surface area (Å²) in [7, 11) is 0. The summed E-state index contributed by atoms with van der Waals surface area (Å²) in [6.45, 7) is 7.22. The van der Waals surface area contributed by atoms with E-state index in [-0.39, 0.29) is 12.3 Å². The number of rotatable bonds is 7. The van der Waals surface area contributed by atoms with E-state index in [9.17, 15) is 0 Å². The van der Waals surface area contributed by atoms with Crippen LogP contribution in [0.2, 0.25) is 0 Å². The lowest BCUT2D eigenvalue weighted by molar-refractivity contribution is 0.186. The van der Waals surface area contributed by atoms with E-state index in [2.05, 4.69) is 24.5 Å². The topological polar surface area (TPSA) is 76.1 Å². The molecule has 4 atom stereocenters. The van der Waals surface area contributed by atoms with E-state index in [1.807, 2.05) is 6.92 Å². The molecule has 138 valence electrons. The van der Waals surface area contributed by atoms with E-state index in [4.69, 9.17) is 11.5 Å². The van der Waals surface area contributed by atoms with E-state index in [1.54, 1.807) is 0 Å². The predicted octanol–water partition coefficient (Wildman–Crippen LogP) is 3.31. The molecule has 0 spiro atoms. The molecule has 0 saturated heterocycles. The second-order valence-electron chi connectivity index (χ2n) is 7.76. The SMILES string of the molecule is CC(CN)NC(N[C@H](C)N)C(C)C1CCCCCCCCCC1. The molecule has 1 aliphatic carbocycles. The van der Waals surface area contributed by atoms with Gasteiger partial charge in [-0.2, -0.15) is 0 Å². The largest absolute Gasteiger partial charge is 0.329 e. The monoisotopic (exact) mass is 326 g/mol. The van der Waals surface area contributed by atoms with Gasteiger partial charge in [-0.05, 0) is 25.7 Å². The summed E-state index contributed by atoms with van der Waals surface area (Å²) >= 11 is 0. The van der Waals surface area contributed by atoms with Gasteiger partial charge >= 0.3 is 0 Å². The standard InChI is InChI=1S/C19H42N4/c1-15(14-20)22-19(23-17(3)21)16(2)18-12-10-8-6-4-5-7-9-11-13-18/h15-19,22-23H,4-14,20-21H2,1-3H3/t15?,16?,17-,19?/m1/s1. The van der Waals surface area contributed by atoms with Gasteiger partial charge in [0.05, 0.1) is 12.3 Å². The third-order valence-corrected chi connectivity index (χ3v) is 5.43. The highest BCUT2D eigenvalue weighted by Gasteiger charge is 2.26. The molecule has 0 amide bonds. The van der Waals surface area contributed by atoms with Crippen molar-refractivity contribution in [2.24, 2.45) is 23.3 Å². The van der Waals surface area contributed by atoms with Crippen LogP contribution in [0.25, 0.3) is 0 Å². The van der Waals surface area contributed by atoms with Crippen LogP contribution in [0.15, 0.2) is 0 Å². The number of hydrogen-bond donors (Lipinski definition) is 4. The Labute approximate surface area is 144 Å². The molecule has 0 radical (unpaired) electrons. The maximum absolute atomic E-state index is 6.02. The van der Waals surface area contributed by atoms with Crippen molar-refractivity contribution < 1.29 is 0 Å². The molecule has 4 heteroatoms. The van der Waals surface area contributed by atoms with Gasteiger partial charge in [0.15, 0.2) is 0 Å². The van der Waals surface area contributed by atoms with E-state index < -0.39 is 0 Å². The highest BCUT2D eigenvalue weighted by Crippen LogP contribution is 2.28. The van der Waals surface area contributed by atoms with Crippen molar-refractivity contribution in [3.8, 4) is 0 Å². The average molecular weight is 327 g/mol. The first kappa shape index (κ1) is 20.9. The summed E-state index contributed by atoms with van der Waals surface area (Å²) in [5.41, 5.74) is 11.8. The molecular weight excluding hydrogens is 284 g/mol. The van der Waals surface area contributed by atoms with Gasteiger partial charge in [-0.3, -0.25) is 10.6 Å². The van der Waals surface area contributed by atoms with Gasteiger partial charge in [-0.25, -0.2) is 0 Å². The summed E-state index contributed by atoms with van der Waals surface area (Å²) in [6.07, 6.45) is 14.3. The Morgan fingerprint density at radius 3 is 1.74 bits per heavy atom. The lowest BCUT2D eigenvalue weighted by Crippen LogP contribution is -2.57. The Morgan fingerprint density at radius 1 is 0.826 bits per heavy atom. The lowest BCUT2D eigenvalue weighted by atomic mass is 9.82. The molecule has 0 aromatic rings. The molecule has 0 bridgehead atoms. The Bertz CT molecular complexity index is 271. The average Bonchev–Trinajstić information content (AvgIpc) is 2.58. The van der Waals surface area contributed by atoms with Gasteiger partial charge in [-0.15, -0.1) is 0 Å². The molecule has 0 aromatic heterocycles. The van der Waals surface area contributed by atoms with Crippen LogP contribution in [0.4, 0.5) is 0 Å². The van der Waals surface area contributed by atoms with Crippen molar-refractivity contribution in [2.75, 3.05) is 6.54 Å². The second kappa shape index (κ2) is 12.2. The fraction of sp³-hybridized carbons (Fsp3) is 1.00. The molecule has 0 heterocycles. The summed E-state index contributed by atoms with van der Waals surface area (Å²) in [6, 6.07) is 0.316. The van der Waals surface area contributed by atoms with Crippen molar-refractivity contribution in [3.05, 3.63) is 0 Å². The van der Waals surface area contributed by atoms with Crippen LogP contribution >= 0.6 is 0 Å². The van der Waals surface area contributed by atoms with Crippen LogP contribution in [-0.4, -0.2) is 24.9 Å². The molecule has 0 aromatic carbocycles. The Kier molecular flexibility index (Phi) is 11.1. The van der Waals surface area contributed by atoms with E-state index in [1.165, 1.54) is 64.2 Å². The fourth-order valence-corrected chi connectivity index (χ4v) is 3.83. The molecule has 1 saturated carbocycles. The van der Waals surface area contributed by atoms with Gasteiger partial charge in [0, 0.05) is 12.6 Å². The third kappa shape index (κ3) is 9.04. The van der Waals surface area contributed by atoms with Gasteiger partial charge < -0.3 is 11.5 Å². The van der Waals surface area contributed by atoms with Crippen LogP contribution in [0.1, 0.15) is 85.0 Å². The predicted molar refractivity (Wildman–Crippen MR) is 101 cm³/mol. The van der Waals surface area contributed by atoms with Crippen molar-refractivity contribution >= 4 is 0 Å². The maximum Gasteiger partial charge on any atom is 0.0615 e. The maximum atomic E-state index is 6.02. The van der Waals surface area contributed by atoms with Gasteiger partial charge in [0.2, 0.25) is 0 Å². The van der Waals surface area contributed by atoms with Crippen LogP contribution in [-0.2, 0) is 0 Å². The quantitative estimate of drug-likeness (QED) is 0.541. The van der Waals surface area contributed by atoms with Crippen molar-refractivity contribution in [3.63, 3.8) is 0 Å². The first-order valence-electron chi connectivity index (χ1n) is 10.0. The first-order valence-corrected chi connectivity index (χ1v) is 10.0. The highest BCUT2D eigenvalue weighted by molar-refractivity contribution is 4.81. The highest BCUT2D eigenvalue weighted by atomic mass is 15.2. The van der Waals surface area contributed by atoms with Crippen LogP contribution in [0.3, 0.4) is 0 Å². The summed E-state index contributed by atoms with van der Waals surface area (Å²) in [5, 5.41) is 7.18. The van der Waals surface area contributed by atoms with Crippen LogP contribution in [0.5, 0.6) is 0 Å². The van der Waals surface area contributed by atoms with E-state index >= 15 is 0 Å². The lowest BCUT2D eigenvalue weighted by Gasteiger charge is -2.35. The number of nitrogens with two attached hydrogens (primary N) is 2.